The molecule has 8 nitrogen and oxygen atoms in total. The molecule has 3 aromatic heterocycles. The maximum Gasteiger partial charge on any atom is 0.167 e. The molecule has 1 aliphatic heterocycles. The third-order valence-corrected chi connectivity index (χ3v) is 4.29. The van der Waals surface area contributed by atoms with E-state index < -0.39 is 24.0 Å². The van der Waals surface area contributed by atoms with Crippen molar-refractivity contribution in [3.8, 4) is 0 Å². The Morgan fingerprint density at radius 2 is 2.14 bits per heavy atom. The Morgan fingerprint density at radius 1 is 1.32 bits per heavy atom. The zero-order valence-electron chi connectivity index (χ0n) is 11.9. The van der Waals surface area contributed by atoms with Crippen molar-refractivity contribution in [2.45, 2.75) is 31.0 Å². The molecule has 4 heterocycles. The van der Waals surface area contributed by atoms with E-state index in [0.717, 1.165) is 11.0 Å². The molecule has 0 bridgehead atoms. The number of hydrogen-bond acceptors (Lipinski definition) is 6. The lowest BCUT2D eigenvalue weighted by Crippen LogP contribution is -2.44. The Bertz CT molecular complexity index is 840. The summed E-state index contributed by atoms with van der Waals surface area (Å²) in [5.74, 6) is 0. The molecule has 22 heavy (non-hydrogen) atoms. The topological polar surface area (TPSA) is 105 Å². The number of hydrogen-bond donors (Lipinski definition) is 3. The van der Waals surface area contributed by atoms with Gasteiger partial charge in [0.2, 0.25) is 0 Å². The number of aliphatic hydroxyl groups is 3. The highest BCUT2D eigenvalue weighted by molar-refractivity contribution is 5.89. The van der Waals surface area contributed by atoms with Crippen molar-refractivity contribution >= 4 is 16.7 Å². The summed E-state index contributed by atoms with van der Waals surface area (Å²) in [4.78, 5) is 8.66. The zero-order valence-corrected chi connectivity index (χ0v) is 11.9. The van der Waals surface area contributed by atoms with Crippen LogP contribution in [0.3, 0.4) is 0 Å². The Balaban J connectivity index is 1.87. The van der Waals surface area contributed by atoms with E-state index in [2.05, 4.69) is 9.97 Å². The third-order valence-electron chi connectivity index (χ3n) is 4.29. The van der Waals surface area contributed by atoms with Crippen LogP contribution in [0.2, 0.25) is 0 Å². The number of fused-ring (bicyclic) bond motifs is 3. The van der Waals surface area contributed by atoms with Crippen LogP contribution in [0.15, 0.2) is 31.0 Å². The van der Waals surface area contributed by atoms with E-state index in [4.69, 9.17) is 4.74 Å². The SMILES string of the molecule is C[C@]1(O)C(n2ccc3c2ncn2ccnc32)OC(CO)[C@H]1O. The van der Waals surface area contributed by atoms with Crippen LogP contribution in [-0.2, 0) is 4.74 Å². The summed E-state index contributed by atoms with van der Waals surface area (Å²) in [6, 6.07) is 1.84. The number of ether oxygens (including phenoxy) is 1. The summed E-state index contributed by atoms with van der Waals surface area (Å²) < 4.78 is 9.08. The van der Waals surface area contributed by atoms with Gasteiger partial charge in [0.05, 0.1) is 12.0 Å². The van der Waals surface area contributed by atoms with E-state index in [9.17, 15) is 15.3 Å². The van der Waals surface area contributed by atoms with Gasteiger partial charge in [0.1, 0.15) is 35.4 Å². The van der Waals surface area contributed by atoms with Crippen molar-refractivity contribution in [1.82, 2.24) is 18.9 Å². The average molecular weight is 304 g/mol. The second kappa shape index (κ2) is 4.50. The van der Waals surface area contributed by atoms with Crippen LogP contribution in [0.4, 0.5) is 0 Å². The molecule has 2 unspecified atom stereocenters. The molecule has 0 saturated carbocycles. The lowest BCUT2D eigenvalue weighted by Gasteiger charge is -2.27. The predicted octanol–water partition coefficient (Wildman–Crippen LogP) is -0.314. The molecular formula is C14H16N4O4. The maximum absolute atomic E-state index is 10.6. The number of rotatable bonds is 2. The molecule has 4 rings (SSSR count). The van der Waals surface area contributed by atoms with Gasteiger partial charge in [0.25, 0.3) is 0 Å². The first-order valence-electron chi connectivity index (χ1n) is 6.99. The Hall–Kier alpha value is -2.00. The van der Waals surface area contributed by atoms with Gasteiger partial charge in [-0.05, 0) is 13.0 Å². The van der Waals surface area contributed by atoms with Crippen molar-refractivity contribution < 1.29 is 20.1 Å². The highest BCUT2D eigenvalue weighted by Gasteiger charge is 2.53. The van der Waals surface area contributed by atoms with Gasteiger partial charge in [-0.1, -0.05) is 0 Å². The fourth-order valence-electron chi connectivity index (χ4n) is 3.06. The molecule has 0 amide bonds. The minimum atomic E-state index is -1.54. The highest BCUT2D eigenvalue weighted by Crippen LogP contribution is 2.39. The molecule has 0 spiro atoms. The summed E-state index contributed by atoms with van der Waals surface area (Å²) in [7, 11) is 0. The van der Waals surface area contributed by atoms with E-state index in [1.165, 1.54) is 6.92 Å². The van der Waals surface area contributed by atoms with E-state index >= 15 is 0 Å². The van der Waals surface area contributed by atoms with Gasteiger partial charge < -0.3 is 24.6 Å². The van der Waals surface area contributed by atoms with Gasteiger partial charge in [-0.3, -0.25) is 4.40 Å². The number of imidazole rings is 1. The fourth-order valence-corrected chi connectivity index (χ4v) is 3.06. The first-order chi connectivity index (χ1) is 10.5. The van der Waals surface area contributed by atoms with Crippen LogP contribution in [0.5, 0.6) is 0 Å². The molecule has 0 radical (unpaired) electrons. The monoisotopic (exact) mass is 304 g/mol. The van der Waals surface area contributed by atoms with Crippen molar-refractivity contribution in [2.75, 3.05) is 6.61 Å². The van der Waals surface area contributed by atoms with Gasteiger partial charge in [0, 0.05) is 18.6 Å². The third kappa shape index (κ3) is 1.66. The number of aromatic nitrogens is 4. The largest absolute Gasteiger partial charge is 0.394 e. The van der Waals surface area contributed by atoms with Crippen molar-refractivity contribution in [3.63, 3.8) is 0 Å². The minimum absolute atomic E-state index is 0.370. The van der Waals surface area contributed by atoms with Crippen molar-refractivity contribution in [1.29, 1.82) is 0 Å². The van der Waals surface area contributed by atoms with Crippen LogP contribution in [0, 0.1) is 0 Å². The summed E-state index contributed by atoms with van der Waals surface area (Å²) in [6.07, 6.45) is 3.97. The first-order valence-corrected chi connectivity index (χ1v) is 6.99. The van der Waals surface area contributed by atoms with Gasteiger partial charge >= 0.3 is 0 Å². The van der Waals surface area contributed by atoms with Gasteiger partial charge in [-0.15, -0.1) is 0 Å². The maximum atomic E-state index is 10.6. The van der Waals surface area contributed by atoms with E-state index in [0.29, 0.717) is 5.65 Å². The molecule has 0 aliphatic carbocycles. The quantitative estimate of drug-likeness (QED) is 0.599. The summed E-state index contributed by atoms with van der Waals surface area (Å²) in [5, 5.41) is 30.8. The summed E-state index contributed by atoms with van der Waals surface area (Å²) in [5.41, 5.74) is -0.196. The predicted molar refractivity (Wildman–Crippen MR) is 76.1 cm³/mol. The Labute approximate surface area is 125 Å². The van der Waals surface area contributed by atoms with Crippen molar-refractivity contribution in [3.05, 3.63) is 31.0 Å². The molecule has 4 atom stereocenters. The second-order valence-electron chi connectivity index (χ2n) is 5.74. The molecule has 1 saturated heterocycles. The van der Waals surface area contributed by atoms with Crippen LogP contribution in [0.25, 0.3) is 16.7 Å². The normalized spacial score (nSPS) is 32.3. The van der Waals surface area contributed by atoms with E-state index in [1.807, 2.05) is 6.07 Å². The standard InChI is InChI=1S/C14H16N4O4/c1-14(21)10(20)9(6-19)22-13(14)18-4-2-8-11-15-3-5-17(11)7-16-12(8)18/h2-5,7,9-10,13,19-21H,6H2,1H3/t9?,10-,13?,14-/m1/s1. The molecule has 3 aromatic rings. The van der Waals surface area contributed by atoms with Gasteiger partial charge in [-0.25, -0.2) is 9.97 Å². The fraction of sp³-hybridized carbons (Fsp3) is 0.429. The Morgan fingerprint density at radius 3 is 2.86 bits per heavy atom. The molecule has 8 heteroatoms. The highest BCUT2D eigenvalue weighted by atomic mass is 16.6. The van der Waals surface area contributed by atoms with Crippen LogP contribution in [0.1, 0.15) is 13.2 Å². The van der Waals surface area contributed by atoms with E-state index in [1.54, 1.807) is 33.9 Å². The molecule has 1 aliphatic rings. The lowest BCUT2D eigenvalue weighted by atomic mass is 9.96. The van der Waals surface area contributed by atoms with Crippen molar-refractivity contribution in [2.24, 2.45) is 0 Å². The van der Waals surface area contributed by atoms with Crippen LogP contribution < -0.4 is 0 Å². The molecule has 1 fully saturated rings. The Kier molecular flexibility index (Phi) is 2.79. The van der Waals surface area contributed by atoms with Gasteiger partial charge in [0.15, 0.2) is 6.23 Å². The molecule has 0 aromatic carbocycles. The van der Waals surface area contributed by atoms with Crippen LogP contribution >= 0.6 is 0 Å². The molecule has 116 valence electrons. The van der Waals surface area contributed by atoms with Gasteiger partial charge in [-0.2, -0.15) is 0 Å². The summed E-state index contributed by atoms with van der Waals surface area (Å²) in [6.45, 7) is 1.11. The zero-order chi connectivity index (χ0) is 15.5. The first kappa shape index (κ1) is 13.6. The number of nitrogens with zero attached hydrogens (tertiary/aromatic N) is 4. The average Bonchev–Trinajstić information content (AvgIpc) is 3.16. The summed E-state index contributed by atoms with van der Waals surface area (Å²) >= 11 is 0. The van der Waals surface area contributed by atoms with Crippen LogP contribution in [-0.4, -0.2) is 58.7 Å². The molecular weight excluding hydrogens is 288 g/mol. The lowest BCUT2D eigenvalue weighted by molar-refractivity contribution is -0.0948. The molecule has 3 N–H and O–H groups in total. The minimum Gasteiger partial charge on any atom is -0.394 e. The van der Waals surface area contributed by atoms with E-state index in [-0.39, 0.29) is 6.61 Å². The smallest absolute Gasteiger partial charge is 0.167 e. The number of aliphatic hydroxyl groups excluding tert-OH is 2. The second-order valence-corrected chi connectivity index (χ2v) is 5.74.